The van der Waals surface area contributed by atoms with Crippen LogP contribution in [0.15, 0.2) is 24.4 Å². The Morgan fingerprint density at radius 1 is 1.47 bits per heavy atom. The Morgan fingerprint density at radius 2 is 2.41 bits per heavy atom. The van der Waals surface area contributed by atoms with E-state index in [1.807, 2.05) is 18.3 Å². The van der Waals surface area contributed by atoms with Crippen LogP contribution in [-0.4, -0.2) is 29.0 Å². The fourth-order valence-electron chi connectivity index (χ4n) is 2.38. The molecule has 1 aliphatic rings. The van der Waals surface area contributed by atoms with Crippen molar-refractivity contribution in [1.82, 2.24) is 10.2 Å². The van der Waals surface area contributed by atoms with E-state index in [0.29, 0.717) is 12.2 Å². The summed E-state index contributed by atoms with van der Waals surface area (Å²) in [6.45, 7) is 3.01. The van der Waals surface area contributed by atoms with E-state index in [2.05, 4.69) is 28.5 Å². The summed E-state index contributed by atoms with van der Waals surface area (Å²) in [7, 11) is 0. The Labute approximate surface area is 100 Å². The van der Waals surface area contributed by atoms with Crippen molar-refractivity contribution in [2.75, 3.05) is 11.9 Å². The maximum absolute atomic E-state index is 5.79. The van der Waals surface area contributed by atoms with Gasteiger partial charge in [-0.15, -0.1) is 0 Å². The third-order valence-electron chi connectivity index (χ3n) is 3.32. The maximum Gasteiger partial charge on any atom is 0.0751 e. The number of aromatic amines is 1. The number of fused-ring (bicyclic) bond motifs is 1. The van der Waals surface area contributed by atoms with E-state index in [4.69, 9.17) is 4.74 Å². The molecule has 1 saturated heterocycles. The van der Waals surface area contributed by atoms with Crippen LogP contribution in [0.1, 0.15) is 19.8 Å². The zero-order chi connectivity index (χ0) is 11.7. The fourth-order valence-corrected chi connectivity index (χ4v) is 2.38. The Bertz CT molecular complexity index is 508. The minimum Gasteiger partial charge on any atom is -0.382 e. The van der Waals surface area contributed by atoms with E-state index < -0.39 is 0 Å². The van der Waals surface area contributed by atoms with Crippen LogP contribution in [0.5, 0.6) is 0 Å². The molecule has 0 spiro atoms. The van der Waals surface area contributed by atoms with Gasteiger partial charge in [0, 0.05) is 17.6 Å². The Hall–Kier alpha value is -1.55. The van der Waals surface area contributed by atoms with Crippen LogP contribution in [0.3, 0.4) is 0 Å². The van der Waals surface area contributed by atoms with E-state index in [0.717, 1.165) is 29.6 Å². The van der Waals surface area contributed by atoms with Crippen LogP contribution in [0.4, 0.5) is 5.69 Å². The molecular formula is C13H17N3O. The molecule has 0 saturated carbocycles. The average molecular weight is 231 g/mol. The summed E-state index contributed by atoms with van der Waals surface area (Å²) >= 11 is 0. The topological polar surface area (TPSA) is 49.9 Å². The Morgan fingerprint density at radius 3 is 3.24 bits per heavy atom. The van der Waals surface area contributed by atoms with Crippen molar-refractivity contribution >= 4 is 16.6 Å². The third-order valence-corrected chi connectivity index (χ3v) is 3.32. The first-order valence-corrected chi connectivity index (χ1v) is 6.14. The van der Waals surface area contributed by atoms with Gasteiger partial charge in [-0.05, 0) is 31.9 Å². The fraction of sp³-hybridized carbons (Fsp3) is 0.462. The van der Waals surface area contributed by atoms with E-state index in [9.17, 15) is 0 Å². The van der Waals surface area contributed by atoms with Gasteiger partial charge < -0.3 is 10.1 Å². The number of aromatic nitrogens is 2. The third kappa shape index (κ3) is 2.13. The van der Waals surface area contributed by atoms with Gasteiger partial charge in [-0.25, -0.2) is 0 Å². The van der Waals surface area contributed by atoms with Gasteiger partial charge in [0.15, 0.2) is 0 Å². The molecule has 4 nitrogen and oxygen atoms in total. The highest BCUT2D eigenvalue weighted by Gasteiger charge is 2.21. The van der Waals surface area contributed by atoms with Crippen LogP contribution in [0.25, 0.3) is 10.9 Å². The summed E-state index contributed by atoms with van der Waals surface area (Å²) in [6.07, 6.45) is 4.92. The predicted octanol–water partition coefficient (Wildman–Crippen LogP) is 2.54. The first-order valence-electron chi connectivity index (χ1n) is 6.14. The lowest BCUT2D eigenvalue weighted by Crippen LogP contribution is -2.19. The first-order chi connectivity index (χ1) is 8.33. The first kappa shape index (κ1) is 10.6. The smallest absolute Gasteiger partial charge is 0.0751 e. The van der Waals surface area contributed by atoms with Gasteiger partial charge in [-0.2, -0.15) is 5.10 Å². The van der Waals surface area contributed by atoms with Crippen molar-refractivity contribution in [3.8, 4) is 0 Å². The van der Waals surface area contributed by atoms with Crippen molar-refractivity contribution in [2.45, 2.75) is 32.0 Å². The van der Waals surface area contributed by atoms with E-state index in [-0.39, 0.29) is 0 Å². The predicted molar refractivity (Wildman–Crippen MR) is 68.2 cm³/mol. The molecule has 1 aromatic heterocycles. The second kappa shape index (κ2) is 4.37. The molecule has 0 bridgehead atoms. The van der Waals surface area contributed by atoms with E-state index in [1.54, 1.807) is 0 Å². The summed E-state index contributed by atoms with van der Waals surface area (Å²) < 4.78 is 5.79. The average Bonchev–Trinajstić information content (AvgIpc) is 2.94. The second-order valence-electron chi connectivity index (χ2n) is 4.66. The Kier molecular flexibility index (Phi) is 2.73. The molecule has 2 atom stereocenters. The molecule has 0 aliphatic carbocycles. The van der Waals surface area contributed by atoms with Crippen molar-refractivity contribution in [3.63, 3.8) is 0 Å². The summed E-state index contributed by atoms with van der Waals surface area (Å²) in [5.74, 6) is 0. The highest BCUT2D eigenvalue weighted by molar-refractivity contribution is 5.90. The number of anilines is 1. The van der Waals surface area contributed by atoms with Crippen molar-refractivity contribution in [1.29, 1.82) is 0 Å². The molecule has 1 aromatic carbocycles. The summed E-state index contributed by atoms with van der Waals surface area (Å²) in [5, 5.41) is 11.6. The minimum absolute atomic E-state index is 0.340. The number of hydrogen-bond acceptors (Lipinski definition) is 3. The van der Waals surface area contributed by atoms with Gasteiger partial charge >= 0.3 is 0 Å². The highest BCUT2D eigenvalue weighted by atomic mass is 16.5. The van der Waals surface area contributed by atoms with Crippen molar-refractivity contribution in [2.24, 2.45) is 0 Å². The summed E-state index contributed by atoms with van der Waals surface area (Å²) in [5.41, 5.74) is 2.19. The standard InChI is InChI=1S/C13H17N3O/c1-9-5-6-10(17-9)7-14-12-3-2-4-13-11(12)8-15-16-13/h2-4,8-10,14H,5-7H2,1H3,(H,15,16). The second-order valence-corrected chi connectivity index (χ2v) is 4.66. The number of ether oxygens (including phenoxy) is 1. The monoisotopic (exact) mass is 231 g/mol. The molecule has 2 aromatic rings. The number of H-pyrrole nitrogens is 1. The van der Waals surface area contributed by atoms with Gasteiger partial charge in [0.1, 0.15) is 0 Å². The summed E-state index contributed by atoms with van der Waals surface area (Å²) in [4.78, 5) is 0. The summed E-state index contributed by atoms with van der Waals surface area (Å²) in [6, 6.07) is 6.14. The number of nitrogens with one attached hydrogen (secondary N) is 2. The number of hydrogen-bond donors (Lipinski definition) is 2. The number of rotatable bonds is 3. The number of nitrogens with zero attached hydrogens (tertiary/aromatic N) is 1. The lowest BCUT2D eigenvalue weighted by Gasteiger charge is -2.13. The molecule has 0 radical (unpaired) electrons. The molecule has 17 heavy (non-hydrogen) atoms. The molecule has 1 aliphatic heterocycles. The van der Waals surface area contributed by atoms with Gasteiger partial charge in [-0.3, -0.25) is 5.10 Å². The zero-order valence-corrected chi connectivity index (χ0v) is 9.94. The largest absolute Gasteiger partial charge is 0.382 e. The maximum atomic E-state index is 5.79. The van der Waals surface area contributed by atoms with Gasteiger partial charge in [-0.1, -0.05) is 6.07 Å². The molecule has 0 amide bonds. The molecule has 1 fully saturated rings. The SMILES string of the molecule is CC1CCC(CNc2cccc3[nH]ncc23)O1. The van der Waals surface area contributed by atoms with Crippen molar-refractivity contribution in [3.05, 3.63) is 24.4 Å². The molecule has 2 heterocycles. The quantitative estimate of drug-likeness (QED) is 0.853. The van der Waals surface area contributed by atoms with Gasteiger partial charge in [0.05, 0.1) is 23.9 Å². The lowest BCUT2D eigenvalue weighted by molar-refractivity contribution is 0.0637. The van der Waals surface area contributed by atoms with Crippen LogP contribution >= 0.6 is 0 Å². The van der Waals surface area contributed by atoms with E-state index >= 15 is 0 Å². The molecule has 2 unspecified atom stereocenters. The molecule has 2 N–H and O–H groups in total. The van der Waals surface area contributed by atoms with Gasteiger partial charge in [0.25, 0.3) is 0 Å². The van der Waals surface area contributed by atoms with E-state index in [1.165, 1.54) is 6.42 Å². The highest BCUT2D eigenvalue weighted by Crippen LogP contribution is 2.23. The number of benzene rings is 1. The van der Waals surface area contributed by atoms with Gasteiger partial charge in [0.2, 0.25) is 0 Å². The van der Waals surface area contributed by atoms with Crippen LogP contribution in [0, 0.1) is 0 Å². The molecule has 90 valence electrons. The Balaban J connectivity index is 1.70. The van der Waals surface area contributed by atoms with Crippen LogP contribution in [0.2, 0.25) is 0 Å². The molecule has 4 heteroatoms. The normalized spacial score (nSPS) is 24.3. The molecular weight excluding hydrogens is 214 g/mol. The van der Waals surface area contributed by atoms with Crippen molar-refractivity contribution < 1.29 is 4.74 Å². The van der Waals surface area contributed by atoms with Crippen LogP contribution < -0.4 is 5.32 Å². The molecule has 3 rings (SSSR count). The van der Waals surface area contributed by atoms with Crippen LogP contribution in [-0.2, 0) is 4.74 Å². The minimum atomic E-state index is 0.340. The lowest BCUT2D eigenvalue weighted by atomic mass is 10.2. The zero-order valence-electron chi connectivity index (χ0n) is 9.94.